The summed E-state index contributed by atoms with van der Waals surface area (Å²) < 4.78 is 1.73. The number of carbonyl (C=O) groups is 1. The summed E-state index contributed by atoms with van der Waals surface area (Å²) in [5.41, 5.74) is 15.0. The molecule has 3 rings (SSSR count). The minimum absolute atomic E-state index is 0.0306. The molecular formula is C23H38N6O. The lowest BCUT2D eigenvalue weighted by atomic mass is 9.92. The predicted molar refractivity (Wildman–Crippen MR) is 121 cm³/mol. The summed E-state index contributed by atoms with van der Waals surface area (Å²) >= 11 is 0. The molecule has 0 spiro atoms. The highest BCUT2D eigenvalue weighted by molar-refractivity contribution is 5.80. The monoisotopic (exact) mass is 414 g/mol. The zero-order valence-corrected chi connectivity index (χ0v) is 19.1. The molecule has 1 saturated heterocycles. The van der Waals surface area contributed by atoms with Crippen molar-refractivity contribution in [3.8, 4) is 0 Å². The summed E-state index contributed by atoms with van der Waals surface area (Å²) in [6.07, 6.45) is 8.28. The number of hydrogen-bond donors (Lipinski definition) is 3. The molecule has 7 heteroatoms. The summed E-state index contributed by atoms with van der Waals surface area (Å²) in [6.45, 7) is 12.2. The molecule has 7 nitrogen and oxygen atoms in total. The second-order valence-corrected chi connectivity index (χ2v) is 10.3. The minimum Gasteiger partial charge on any atom is -0.397 e. The van der Waals surface area contributed by atoms with Gasteiger partial charge in [-0.2, -0.15) is 5.10 Å². The van der Waals surface area contributed by atoms with Crippen molar-refractivity contribution < 1.29 is 4.79 Å². The van der Waals surface area contributed by atoms with Crippen molar-refractivity contribution in [2.75, 3.05) is 19.6 Å². The number of hydrogen-bond acceptors (Lipinski definition) is 5. The van der Waals surface area contributed by atoms with Gasteiger partial charge >= 0.3 is 0 Å². The quantitative estimate of drug-likeness (QED) is 0.620. The topological polar surface area (TPSA) is 102 Å². The lowest BCUT2D eigenvalue weighted by molar-refractivity contribution is -0.124. The van der Waals surface area contributed by atoms with Gasteiger partial charge in [-0.25, -0.2) is 0 Å². The van der Waals surface area contributed by atoms with E-state index in [1.807, 2.05) is 14.0 Å². The van der Waals surface area contributed by atoms with Crippen LogP contribution in [0, 0.1) is 30.1 Å². The maximum atomic E-state index is 12.7. The third kappa shape index (κ3) is 5.45. The number of rotatable bonds is 6. The fraction of sp³-hybridized carbons (Fsp3) is 0.652. The van der Waals surface area contributed by atoms with Crippen LogP contribution in [0.1, 0.15) is 51.3 Å². The first-order valence-corrected chi connectivity index (χ1v) is 11.0. The lowest BCUT2D eigenvalue weighted by Gasteiger charge is -2.24. The van der Waals surface area contributed by atoms with Gasteiger partial charge in [0.25, 0.3) is 0 Å². The van der Waals surface area contributed by atoms with Gasteiger partial charge < -0.3 is 21.7 Å². The van der Waals surface area contributed by atoms with E-state index in [1.54, 1.807) is 23.0 Å². The number of allylic oxidation sites excluding steroid dienone is 2. The number of amides is 1. The molecule has 1 aliphatic heterocycles. The van der Waals surface area contributed by atoms with E-state index >= 15 is 0 Å². The van der Waals surface area contributed by atoms with Crippen molar-refractivity contribution in [2.45, 2.75) is 47.0 Å². The number of carbonyl (C=O) groups excluding carboxylic acids is 1. The molecule has 0 radical (unpaired) electrons. The molecule has 1 aromatic heterocycles. The second-order valence-electron chi connectivity index (χ2n) is 10.3. The zero-order chi connectivity index (χ0) is 22.1. The minimum atomic E-state index is 0.0306. The van der Waals surface area contributed by atoms with E-state index in [2.05, 4.69) is 36.1 Å². The molecule has 2 fully saturated rings. The van der Waals surface area contributed by atoms with Crippen LogP contribution in [0.15, 0.2) is 24.2 Å². The maximum absolute atomic E-state index is 12.7. The standard InChI is InChI=1S/C23H38N6O/c1-15-12-26-28(5)21(15)19(24)6-7-20(25)27-22(30)16-10-17-13-29(14-18(17)11-16)9-8-23(2,3)4/h6-7,12,16-18H,8-11,13-14,24-25H2,1-5H3,(H,27,30)/b19-6-,20-7+. The van der Waals surface area contributed by atoms with Crippen molar-refractivity contribution in [2.24, 2.45) is 41.7 Å². The first kappa shape index (κ1) is 22.4. The van der Waals surface area contributed by atoms with Crippen LogP contribution in [0.5, 0.6) is 0 Å². The van der Waals surface area contributed by atoms with Crippen molar-refractivity contribution in [3.63, 3.8) is 0 Å². The van der Waals surface area contributed by atoms with Crippen LogP contribution in [0.25, 0.3) is 5.70 Å². The molecule has 1 saturated carbocycles. The summed E-state index contributed by atoms with van der Waals surface area (Å²) in [7, 11) is 1.85. The molecule has 2 heterocycles. The first-order valence-electron chi connectivity index (χ1n) is 11.0. The van der Waals surface area contributed by atoms with Crippen LogP contribution in [0.4, 0.5) is 0 Å². The molecule has 0 bridgehead atoms. The van der Waals surface area contributed by atoms with Crippen molar-refractivity contribution in [3.05, 3.63) is 35.4 Å². The van der Waals surface area contributed by atoms with E-state index in [9.17, 15) is 4.79 Å². The Kier molecular flexibility index (Phi) is 6.60. The Balaban J connectivity index is 1.49. The maximum Gasteiger partial charge on any atom is 0.228 e. The van der Waals surface area contributed by atoms with Crippen LogP contribution in [0.3, 0.4) is 0 Å². The summed E-state index contributed by atoms with van der Waals surface area (Å²) in [5.74, 6) is 1.68. The first-order chi connectivity index (χ1) is 14.0. The lowest BCUT2D eigenvalue weighted by Crippen LogP contribution is -2.33. The van der Waals surface area contributed by atoms with Crippen LogP contribution in [-0.4, -0.2) is 40.2 Å². The van der Waals surface area contributed by atoms with Crippen LogP contribution < -0.4 is 16.8 Å². The van der Waals surface area contributed by atoms with Crippen LogP contribution >= 0.6 is 0 Å². The van der Waals surface area contributed by atoms with E-state index in [4.69, 9.17) is 11.5 Å². The molecule has 0 aromatic carbocycles. The highest BCUT2D eigenvalue weighted by Crippen LogP contribution is 2.42. The Morgan fingerprint density at radius 1 is 1.23 bits per heavy atom. The SMILES string of the molecule is Cc1cnn(C)c1/C(N)=C/C=C(\N)NC(=O)C1CC2CN(CCC(C)(C)C)CC2C1. The molecule has 1 amide bonds. The van der Waals surface area contributed by atoms with Gasteiger partial charge in [-0.1, -0.05) is 20.8 Å². The van der Waals surface area contributed by atoms with E-state index < -0.39 is 0 Å². The largest absolute Gasteiger partial charge is 0.397 e. The number of fused-ring (bicyclic) bond motifs is 1. The number of aromatic nitrogens is 2. The van der Waals surface area contributed by atoms with Gasteiger partial charge in [-0.05, 0) is 67.7 Å². The molecule has 2 atom stereocenters. The Labute approximate surface area is 180 Å². The molecular weight excluding hydrogens is 376 g/mol. The number of likely N-dealkylation sites (tertiary alicyclic amines) is 1. The molecule has 2 aliphatic rings. The Bertz CT molecular complexity index is 798. The third-order valence-electron chi connectivity index (χ3n) is 6.48. The van der Waals surface area contributed by atoms with E-state index in [0.717, 1.165) is 43.7 Å². The van der Waals surface area contributed by atoms with Gasteiger partial charge in [-0.3, -0.25) is 9.48 Å². The fourth-order valence-electron chi connectivity index (χ4n) is 4.79. The number of nitrogens with zero attached hydrogens (tertiary/aromatic N) is 3. The van der Waals surface area contributed by atoms with Gasteiger partial charge in [0.1, 0.15) is 5.82 Å². The molecule has 2 unspecified atom stereocenters. The molecule has 30 heavy (non-hydrogen) atoms. The fourth-order valence-corrected chi connectivity index (χ4v) is 4.79. The van der Waals surface area contributed by atoms with Gasteiger partial charge in [0.2, 0.25) is 5.91 Å². The van der Waals surface area contributed by atoms with Gasteiger partial charge in [-0.15, -0.1) is 0 Å². The predicted octanol–water partition coefficient (Wildman–Crippen LogP) is 2.34. The Morgan fingerprint density at radius 2 is 1.87 bits per heavy atom. The summed E-state index contributed by atoms with van der Waals surface area (Å²) in [6, 6.07) is 0. The van der Waals surface area contributed by atoms with Crippen molar-refractivity contribution >= 4 is 11.6 Å². The van der Waals surface area contributed by atoms with Gasteiger partial charge in [0, 0.05) is 26.1 Å². The van der Waals surface area contributed by atoms with Crippen molar-refractivity contribution in [1.82, 2.24) is 20.0 Å². The smallest absolute Gasteiger partial charge is 0.228 e. The van der Waals surface area contributed by atoms with E-state index in [-0.39, 0.29) is 11.8 Å². The Hall–Kier alpha value is -2.28. The van der Waals surface area contributed by atoms with Crippen LogP contribution in [-0.2, 0) is 11.8 Å². The van der Waals surface area contributed by atoms with E-state index in [0.29, 0.717) is 28.8 Å². The number of aryl methyl sites for hydroxylation is 2. The number of nitrogens with one attached hydrogen (secondary N) is 1. The molecule has 1 aromatic rings. The molecule has 1 aliphatic carbocycles. The average Bonchev–Trinajstić information content (AvgIpc) is 3.30. The highest BCUT2D eigenvalue weighted by Gasteiger charge is 2.43. The molecule has 5 N–H and O–H groups in total. The highest BCUT2D eigenvalue weighted by atomic mass is 16.2. The van der Waals surface area contributed by atoms with Crippen molar-refractivity contribution in [1.29, 1.82) is 0 Å². The average molecular weight is 415 g/mol. The van der Waals surface area contributed by atoms with E-state index in [1.165, 1.54) is 6.42 Å². The summed E-state index contributed by atoms with van der Waals surface area (Å²) in [4.78, 5) is 15.3. The second kappa shape index (κ2) is 8.84. The number of nitrogens with two attached hydrogens (primary N) is 2. The zero-order valence-electron chi connectivity index (χ0n) is 19.1. The third-order valence-corrected chi connectivity index (χ3v) is 6.48. The molecule has 166 valence electrons. The van der Waals surface area contributed by atoms with Crippen LogP contribution in [0.2, 0.25) is 0 Å². The van der Waals surface area contributed by atoms with Gasteiger partial charge in [0.15, 0.2) is 0 Å². The Morgan fingerprint density at radius 3 is 2.40 bits per heavy atom. The summed E-state index contributed by atoms with van der Waals surface area (Å²) in [5, 5.41) is 7.05. The van der Waals surface area contributed by atoms with Gasteiger partial charge in [0.05, 0.1) is 17.6 Å². The normalized spacial score (nSPS) is 25.6.